The van der Waals surface area contributed by atoms with E-state index in [0.29, 0.717) is 22.2 Å². The minimum Gasteiger partial charge on any atom is -0.496 e. The summed E-state index contributed by atoms with van der Waals surface area (Å²) in [5.74, 6) is -2.16. The summed E-state index contributed by atoms with van der Waals surface area (Å²) < 4.78 is 39.4. The molecular formula is C34H42F2N4O4S. The lowest BCUT2D eigenvalue weighted by atomic mass is 9.80. The Kier molecular flexibility index (Phi) is 9.51. The lowest BCUT2D eigenvalue weighted by molar-refractivity contribution is -0.160. The Labute approximate surface area is 267 Å². The molecule has 1 aromatic heterocycles. The molecular weight excluding hydrogens is 598 g/mol. The molecule has 45 heavy (non-hydrogen) atoms. The molecule has 0 radical (unpaired) electrons. The van der Waals surface area contributed by atoms with Crippen molar-refractivity contribution in [1.29, 1.82) is 0 Å². The number of benzene rings is 2. The second-order valence-electron chi connectivity index (χ2n) is 13.3. The van der Waals surface area contributed by atoms with Gasteiger partial charge in [-0.2, -0.15) is 0 Å². The number of methoxy groups -OCH3 is 1. The maximum Gasteiger partial charge on any atom is 0.307 e. The summed E-state index contributed by atoms with van der Waals surface area (Å²) in [5.41, 5.74) is 1.77. The number of halogens is 2. The van der Waals surface area contributed by atoms with E-state index in [1.165, 1.54) is 11.3 Å². The highest BCUT2D eigenvalue weighted by molar-refractivity contribution is 7.09. The summed E-state index contributed by atoms with van der Waals surface area (Å²) in [5, 5.41) is 5.55. The average molecular weight is 641 g/mol. The SMILES string of the molecule is COc1cc(N2CCC(N(C)C)CC2)ccc1-c1csc(CNC(=O)C2(CC(=O)OC(C)(C)C)Cc3cc(F)c(F)cc3C2)n1. The van der Waals surface area contributed by atoms with Gasteiger partial charge in [0, 0.05) is 41.8 Å². The van der Waals surface area contributed by atoms with Crippen molar-refractivity contribution < 1.29 is 27.8 Å². The maximum atomic E-state index is 14.0. The number of hydrogen-bond acceptors (Lipinski definition) is 8. The summed E-state index contributed by atoms with van der Waals surface area (Å²) >= 11 is 1.41. The molecule has 3 aromatic rings. The molecule has 2 aromatic carbocycles. The second kappa shape index (κ2) is 13.0. The van der Waals surface area contributed by atoms with Crippen LogP contribution in [-0.2, 0) is 33.7 Å². The van der Waals surface area contributed by atoms with Gasteiger partial charge in [0.2, 0.25) is 5.91 Å². The average Bonchev–Trinajstić information content (AvgIpc) is 3.59. The molecule has 1 aliphatic carbocycles. The Bertz CT molecular complexity index is 1530. The number of esters is 1. The lowest BCUT2D eigenvalue weighted by Crippen LogP contribution is -2.44. The number of rotatable bonds is 9. The monoisotopic (exact) mass is 640 g/mol. The van der Waals surface area contributed by atoms with E-state index in [2.05, 4.69) is 41.3 Å². The molecule has 1 N–H and O–H groups in total. The van der Waals surface area contributed by atoms with Crippen molar-refractivity contribution in [3.8, 4) is 17.0 Å². The highest BCUT2D eigenvalue weighted by atomic mass is 32.1. The second-order valence-corrected chi connectivity index (χ2v) is 14.3. The van der Waals surface area contributed by atoms with Crippen LogP contribution in [0.5, 0.6) is 5.75 Å². The van der Waals surface area contributed by atoms with Crippen LogP contribution >= 0.6 is 11.3 Å². The number of thiazole rings is 1. The molecule has 0 saturated carbocycles. The van der Waals surface area contributed by atoms with Crippen LogP contribution in [0.4, 0.5) is 14.5 Å². The molecule has 1 saturated heterocycles. The van der Waals surface area contributed by atoms with E-state index in [0.717, 1.165) is 60.8 Å². The largest absolute Gasteiger partial charge is 0.496 e. The van der Waals surface area contributed by atoms with E-state index in [4.69, 9.17) is 14.5 Å². The van der Waals surface area contributed by atoms with Gasteiger partial charge in [0.25, 0.3) is 0 Å². The zero-order valence-corrected chi connectivity index (χ0v) is 27.7. The van der Waals surface area contributed by atoms with Gasteiger partial charge in [0.15, 0.2) is 11.6 Å². The van der Waals surface area contributed by atoms with E-state index in [-0.39, 0.29) is 31.7 Å². The van der Waals surface area contributed by atoms with Crippen LogP contribution in [0, 0.1) is 17.0 Å². The van der Waals surface area contributed by atoms with Gasteiger partial charge < -0.3 is 24.6 Å². The van der Waals surface area contributed by atoms with Crippen LogP contribution in [0.1, 0.15) is 56.2 Å². The molecule has 2 heterocycles. The van der Waals surface area contributed by atoms with Gasteiger partial charge in [-0.3, -0.25) is 9.59 Å². The first-order valence-electron chi connectivity index (χ1n) is 15.3. The Balaban J connectivity index is 1.29. The molecule has 0 bridgehead atoms. The smallest absolute Gasteiger partial charge is 0.307 e. The molecule has 1 amide bonds. The van der Waals surface area contributed by atoms with E-state index >= 15 is 0 Å². The summed E-state index contributed by atoms with van der Waals surface area (Å²) in [6, 6.07) is 9.00. The van der Waals surface area contributed by atoms with Crippen molar-refractivity contribution in [2.24, 2.45) is 5.41 Å². The first-order valence-corrected chi connectivity index (χ1v) is 16.2. The van der Waals surface area contributed by atoms with Gasteiger partial charge >= 0.3 is 5.97 Å². The lowest BCUT2D eigenvalue weighted by Gasteiger charge is -2.36. The topological polar surface area (TPSA) is 84.0 Å². The summed E-state index contributed by atoms with van der Waals surface area (Å²) in [4.78, 5) is 36.1. The number of fused-ring (bicyclic) bond motifs is 1. The summed E-state index contributed by atoms with van der Waals surface area (Å²) in [6.45, 7) is 7.36. The number of carbonyl (C=O) groups is 2. The predicted molar refractivity (Wildman–Crippen MR) is 172 cm³/mol. The van der Waals surface area contributed by atoms with Crippen molar-refractivity contribution in [2.75, 3.05) is 39.2 Å². The fourth-order valence-electron chi connectivity index (χ4n) is 6.36. The van der Waals surface area contributed by atoms with Crippen molar-refractivity contribution in [2.45, 2.75) is 71.1 Å². The molecule has 2 aliphatic rings. The van der Waals surface area contributed by atoms with Crippen LogP contribution in [-0.4, -0.2) is 67.7 Å². The minimum absolute atomic E-state index is 0.101. The number of nitrogens with one attached hydrogen (secondary N) is 1. The number of amides is 1. The molecule has 0 spiro atoms. The third-order valence-electron chi connectivity index (χ3n) is 8.66. The van der Waals surface area contributed by atoms with Crippen molar-refractivity contribution in [1.82, 2.24) is 15.2 Å². The number of ether oxygens (including phenoxy) is 2. The number of piperidine rings is 1. The van der Waals surface area contributed by atoms with Crippen LogP contribution in [0.15, 0.2) is 35.7 Å². The molecule has 242 valence electrons. The van der Waals surface area contributed by atoms with E-state index in [9.17, 15) is 18.4 Å². The van der Waals surface area contributed by atoms with E-state index in [1.807, 2.05) is 11.4 Å². The van der Waals surface area contributed by atoms with Crippen LogP contribution in [0.2, 0.25) is 0 Å². The van der Waals surface area contributed by atoms with Crippen molar-refractivity contribution in [3.05, 3.63) is 63.5 Å². The quantitative estimate of drug-likeness (QED) is 0.298. The Morgan fingerprint density at radius 3 is 2.31 bits per heavy atom. The van der Waals surface area contributed by atoms with Crippen molar-refractivity contribution >= 4 is 28.9 Å². The Hall–Kier alpha value is -3.57. The zero-order chi connectivity index (χ0) is 32.5. The predicted octanol–water partition coefficient (Wildman–Crippen LogP) is 5.76. The molecule has 0 unspecified atom stereocenters. The number of anilines is 1. The summed E-state index contributed by atoms with van der Waals surface area (Å²) in [7, 11) is 5.91. The summed E-state index contributed by atoms with van der Waals surface area (Å²) in [6.07, 6.45) is 2.20. The number of nitrogens with zero attached hydrogens (tertiary/aromatic N) is 3. The Morgan fingerprint density at radius 2 is 1.73 bits per heavy atom. The van der Waals surface area contributed by atoms with Crippen molar-refractivity contribution in [3.63, 3.8) is 0 Å². The van der Waals surface area contributed by atoms with Gasteiger partial charge in [-0.25, -0.2) is 13.8 Å². The first kappa shape index (κ1) is 32.8. The number of carbonyl (C=O) groups excluding carboxylic acids is 2. The van der Waals surface area contributed by atoms with Gasteiger partial charge in [-0.05, 0) is 95.9 Å². The van der Waals surface area contributed by atoms with E-state index < -0.39 is 28.6 Å². The van der Waals surface area contributed by atoms with Gasteiger partial charge in [-0.1, -0.05) is 0 Å². The molecule has 11 heteroatoms. The van der Waals surface area contributed by atoms with Gasteiger partial charge in [0.05, 0.1) is 31.2 Å². The third kappa shape index (κ3) is 7.47. The maximum absolute atomic E-state index is 14.0. The standard InChI is InChI=1S/C34H42F2N4O4S/c1-33(2,3)44-31(41)18-34(16-21-13-26(35)27(36)14-22(21)17-34)32(42)37-19-30-38-28(20-45-30)25-8-7-24(15-29(25)43-6)40-11-9-23(10-12-40)39(4)5/h7-8,13-15,20,23H,9-12,16-19H2,1-6H3,(H,37,42). The fraction of sp³-hybridized carbons (Fsp3) is 0.500. The highest BCUT2D eigenvalue weighted by Crippen LogP contribution is 2.42. The van der Waals surface area contributed by atoms with Gasteiger partial charge in [-0.15, -0.1) is 11.3 Å². The molecule has 1 fully saturated rings. The number of hydrogen-bond donors (Lipinski definition) is 1. The first-order chi connectivity index (χ1) is 21.3. The normalized spacial score (nSPS) is 16.5. The number of aromatic nitrogens is 1. The van der Waals surface area contributed by atoms with E-state index in [1.54, 1.807) is 27.9 Å². The molecule has 0 atom stereocenters. The van der Waals surface area contributed by atoms with Gasteiger partial charge in [0.1, 0.15) is 16.4 Å². The molecule has 1 aliphatic heterocycles. The fourth-order valence-corrected chi connectivity index (χ4v) is 7.09. The highest BCUT2D eigenvalue weighted by Gasteiger charge is 2.46. The van der Waals surface area contributed by atoms with Crippen LogP contribution in [0.25, 0.3) is 11.3 Å². The van der Waals surface area contributed by atoms with Crippen LogP contribution < -0.4 is 15.0 Å². The third-order valence-corrected chi connectivity index (χ3v) is 9.51. The van der Waals surface area contributed by atoms with Crippen LogP contribution in [0.3, 0.4) is 0 Å². The molecule has 5 rings (SSSR count). The minimum atomic E-state index is -1.23. The molecule has 8 nitrogen and oxygen atoms in total. The Morgan fingerprint density at radius 1 is 1.09 bits per heavy atom. The zero-order valence-electron chi connectivity index (χ0n) is 26.8.